The minimum Gasteiger partial charge on any atom is -0.395 e. The highest BCUT2D eigenvalue weighted by Crippen LogP contribution is 2.42. The molecule has 0 bridgehead atoms. The minimum absolute atomic E-state index is 0.0903. The van der Waals surface area contributed by atoms with E-state index in [1.165, 1.54) is 18.9 Å². The van der Waals surface area contributed by atoms with Crippen molar-refractivity contribution in [3.8, 4) is 11.5 Å². The van der Waals surface area contributed by atoms with Gasteiger partial charge in [-0.05, 0) is 30.9 Å². The van der Waals surface area contributed by atoms with E-state index in [2.05, 4.69) is 21.7 Å². The van der Waals surface area contributed by atoms with Crippen LogP contribution in [0.25, 0.3) is 0 Å². The SMILES string of the molecule is CC1CCCC(Nc2ccc3c(c2)OC(F)(F)O3)C1. The smallest absolute Gasteiger partial charge is 0.395 e. The second kappa shape index (κ2) is 4.54. The van der Waals surface area contributed by atoms with Crippen LogP contribution in [-0.2, 0) is 0 Å². The first-order chi connectivity index (χ1) is 9.02. The molecular weight excluding hydrogens is 252 g/mol. The van der Waals surface area contributed by atoms with Crippen molar-refractivity contribution in [1.29, 1.82) is 0 Å². The van der Waals surface area contributed by atoms with E-state index in [4.69, 9.17) is 0 Å². The van der Waals surface area contributed by atoms with E-state index >= 15 is 0 Å². The fourth-order valence-electron chi connectivity index (χ4n) is 2.84. The van der Waals surface area contributed by atoms with E-state index in [1.807, 2.05) is 0 Å². The summed E-state index contributed by atoms with van der Waals surface area (Å²) in [6.07, 6.45) is 1.17. The van der Waals surface area contributed by atoms with Crippen LogP contribution in [-0.4, -0.2) is 12.3 Å². The van der Waals surface area contributed by atoms with Gasteiger partial charge in [0.15, 0.2) is 11.5 Å². The fourth-order valence-corrected chi connectivity index (χ4v) is 2.84. The summed E-state index contributed by atoms with van der Waals surface area (Å²) in [5.41, 5.74) is 0.805. The van der Waals surface area contributed by atoms with Crippen molar-refractivity contribution in [3.05, 3.63) is 18.2 Å². The molecule has 1 heterocycles. The first-order valence-corrected chi connectivity index (χ1v) is 6.68. The first-order valence-electron chi connectivity index (χ1n) is 6.68. The van der Waals surface area contributed by atoms with Gasteiger partial charge in [-0.25, -0.2) is 0 Å². The number of benzene rings is 1. The molecule has 1 aromatic carbocycles. The monoisotopic (exact) mass is 269 g/mol. The number of rotatable bonds is 2. The molecule has 5 heteroatoms. The lowest BCUT2D eigenvalue weighted by Gasteiger charge is -2.28. The van der Waals surface area contributed by atoms with Gasteiger partial charge in [-0.2, -0.15) is 0 Å². The Labute approximate surface area is 110 Å². The molecule has 0 saturated heterocycles. The number of halogens is 2. The Balaban J connectivity index is 1.70. The van der Waals surface area contributed by atoms with E-state index in [9.17, 15) is 8.78 Å². The van der Waals surface area contributed by atoms with Gasteiger partial charge >= 0.3 is 6.29 Å². The van der Waals surface area contributed by atoms with E-state index in [0.29, 0.717) is 12.0 Å². The standard InChI is InChI=1S/C14H17F2NO2/c1-9-3-2-4-10(7-9)17-11-5-6-12-13(8-11)19-14(15,16)18-12/h5-6,8-10,17H,2-4,7H2,1H3. The van der Waals surface area contributed by atoms with Gasteiger partial charge < -0.3 is 14.8 Å². The second-order valence-electron chi connectivity index (χ2n) is 5.44. The maximum Gasteiger partial charge on any atom is 0.586 e. The van der Waals surface area contributed by atoms with Gasteiger partial charge in [0.05, 0.1) is 0 Å². The van der Waals surface area contributed by atoms with Crippen LogP contribution < -0.4 is 14.8 Å². The highest BCUT2D eigenvalue weighted by molar-refractivity contribution is 5.56. The summed E-state index contributed by atoms with van der Waals surface area (Å²) in [7, 11) is 0. The molecule has 3 nitrogen and oxygen atoms in total. The lowest BCUT2D eigenvalue weighted by atomic mass is 9.87. The molecule has 1 aliphatic carbocycles. The minimum atomic E-state index is -3.54. The highest BCUT2D eigenvalue weighted by atomic mass is 19.3. The zero-order valence-corrected chi connectivity index (χ0v) is 10.8. The third kappa shape index (κ3) is 2.74. The number of fused-ring (bicyclic) bond motifs is 1. The largest absolute Gasteiger partial charge is 0.586 e. The average Bonchev–Trinajstić information content (AvgIpc) is 2.62. The molecule has 1 aliphatic heterocycles. The van der Waals surface area contributed by atoms with Crippen LogP contribution in [0.4, 0.5) is 14.5 Å². The molecule has 0 spiro atoms. The Kier molecular flexibility index (Phi) is 2.99. The zero-order valence-electron chi connectivity index (χ0n) is 10.8. The summed E-state index contributed by atoms with van der Waals surface area (Å²) < 4.78 is 34.6. The van der Waals surface area contributed by atoms with Crippen LogP contribution in [0.3, 0.4) is 0 Å². The molecule has 2 aliphatic rings. The van der Waals surface area contributed by atoms with Crippen LogP contribution >= 0.6 is 0 Å². The molecule has 0 radical (unpaired) electrons. The summed E-state index contributed by atoms with van der Waals surface area (Å²) in [5.74, 6) is 0.899. The summed E-state index contributed by atoms with van der Waals surface area (Å²) in [6.45, 7) is 2.24. The third-order valence-corrected chi connectivity index (χ3v) is 3.71. The van der Waals surface area contributed by atoms with Gasteiger partial charge in [-0.3, -0.25) is 0 Å². The van der Waals surface area contributed by atoms with Gasteiger partial charge in [-0.15, -0.1) is 8.78 Å². The average molecular weight is 269 g/mol. The van der Waals surface area contributed by atoms with Crippen molar-refractivity contribution in [2.75, 3.05) is 5.32 Å². The summed E-state index contributed by atoms with van der Waals surface area (Å²) in [5, 5.41) is 3.39. The molecule has 0 aromatic heterocycles. The molecule has 104 valence electrons. The van der Waals surface area contributed by atoms with Gasteiger partial charge in [0.1, 0.15) is 0 Å². The van der Waals surface area contributed by atoms with Crippen molar-refractivity contribution < 1.29 is 18.3 Å². The van der Waals surface area contributed by atoms with Crippen molar-refractivity contribution in [3.63, 3.8) is 0 Å². The number of hydrogen-bond acceptors (Lipinski definition) is 3. The molecule has 2 atom stereocenters. The zero-order chi connectivity index (χ0) is 13.5. The van der Waals surface area contributed by atoms with Gasteiger partial charge in [0.2, 0.25) is 0 Å². The number of nitrogens with one attached hydrogen (secondary N) is 1. The number of anilines is 1. The molecule has 1 saturated carbocycles. The summed E-state index contributed by atoms with van der Waals surface area (Å²) in [4.78, 5) is 0. The Morgan fingerprint density at radius 1 is 1.21 bits per heavy atom. The number of ether oxygens (including phenoxy) is 2. The van der Waals surface area contributed by atoms with Crippen molar-refractivity contribution in [1.82, 2.24) is 0 Å². The summed E-state index contributed by atoms with van der Waals surface area (Å²) >= 11 is 0. The van der Waals surface area contributed by atoms with Gasteiger partial charge in [0.25, 0.3) is 0 Å². The van der Waals surface area contributed by atoms with E-state index in [0.717, 1.165) is 18.5 Å². The van der Waals surface area contributed by atoms with Crippen molar-refractivity contribution in [2.45, 2.75) is 44.9 Å². The van der Waals surface area contributed by atoms with Gasteiger partial charge in [-0.1, -0.05) is 19.8 Å². The lowest BCUT2D eigenvalue weighted by molar-refractivity contribution is -0.286. The Hall–Kier alpha value is -1.52. The van der Waals surface area contributed by atoms with Crippen LogP contribution in [0.15, 0.2) is 18.2 Å². The normalized spacial score (nSPS) is 28.2. The molecule has 1 N–H and O–H groups in total. The molecule has 19 heavy (non-hydrogen) atoms. The van der Waals surface area contributed by atoms with Gasteiger partial charge in [0, 0.05) is 17.8 Å². The summed E-state index contributed by atoms with van der Waals surface area (Å²) in [6, 6.07) is 5.26. The van der Waals surface area contributed by atoms with E-state index in [-0.39, 0.29) is 11.5 Å². The van der Waals surface area contributed by atoms with E-state index < -0.39 is 6.29 Å². The maximum atomic E-state index is 12.9. The fraction of sp³-hybridized carbons (Fsp3) is 0.571. The molecule has 0 amide bonds. The van der Waals surface area contributed by atoms with Crippen LogP contribution in [0, 0.1) is 5.92 Å². The predicted molar refractivity (Wildman–Crippen MR) is 67.7 cm³/mol. The second-order valence-corrected chi connectivity index (χ2v) is 5.44. The van der Waals surface area contributed by atoms with Crippen LogP contribution in [0.1, 0.15) is 32.6 Å². The maximum absolute atomic E-state index is 12.9. The molecule has 3 rings (SSSR count). The third-order valence-electron chi connectivity index (χ3n) is 3.71. The number of hydrogen-bond donors (Lipinski definition) is 1. The Morgan fingerprint density at radius 2 is 2.00 bits per heavy atom. The molecular formula is C14H17F2NO2. The predicted octanol–water partition coefficient (Wildman–Crippen LogP) is 4.00. The van der Waals surface area contributed by atoms with Crippen LogP contribution in [0.5, 0.6) is 11.5 Å². The highest BCUT2D eigenvalue weighted by Gasteiger charge is 2.43. The Morgan fingerprint density at radius 3 is 2.79 bits per heavy atom. The molecule has 1 fully saturated rings. The lowest BCUT2D eigenvalue weighted by Crippen LogP contribution is -2.26. The number of alkyl halides is 2. The van der Waals surface area contributed by atoms with Crippen LogP contribution in [0.2, 0.25) is 0 Å². The topological polar surface area (TPSA) is 30.5 Å². The molecule has 2 unspecified atom stereocenters. The van der Waals surface area contributed by atoms with Crippen molar-refractivity contribution >= 4 is 5.69 Å². The molecule has 1 aromatic rings. The van der Waals surface area contributed by atoms with Crippen molar-refractivity contribution in [2.24, 2.45) is 5.92 Å². The Bertz CT molecular complexity index is 479. The quantitative estimate of drug-likeness (QED) is 0.880. The first kappa shape index (κ1) is 12.5. The van der Waals surface area contributed by atoms with E-state index in [1.54, 1.807) is 12.1 Å².